The van der Waals surface area contributed by atoms with Gasteiger partial charge in [0.1, 0.15) is 0 Å². The molecule has 0 amide bonds. The molecule has 0 N–H and O–H groups in total. The minimum absolute atomic E-state index is 0.441. The Morgan fingerprint density at radius 3 is 2.27 bits per heavy atom. The lowest BCUT2D eigenvalue weighted by atomic mass is 9.72. The smallest absolute Gasteiger partial charge is 0.0490 e. The highest BCUT2D eigenvalue weighted by Gasteiger charge is 2.28. The van der Waals surface area contributed by atoms with Crippen LogP contribution in [0.15, 0.2) is 72.8 Å². The molecule has 26 heavy (non-hydrogen) atoms. The van der Waals surface area contributed by atoms with Crippen LogP contribution in [-0.2, 0) is 6.42 Å². The van der Waals surface area contributed by atoms with Crippen molar-refractivity contribution < 1.29 is 0 Å². The molecule has 0 saturated carbocycles. The lowest BCUT2D eigenvalue weighted by Crippen LogP contribution is -2.18. The zero-order valence-corrected chi connectivity index (χ0v) is 15.6. The van der Waals surface area contributed by atoms with Crippen LogP contribution < -0.4 is 0 Å². The summed E-state index contributed by atoms with van der Waals surface area (Å²) >= 11 is 6.70. The predicted molar refractivity (Wildman–Crippen MR) is 112 cm³/mol. The standard InChI is InChI=1S/C25H21Cl/c1-16-13-18-11-12-20-19-9-5-6-10-21(19)24(26)15-23(20)25(18)22(14-16)17-7-3-2-4-8-17/h2-12,15-16,22H,13-14H2,1H3. The molecule has 0 fully saturated rings. The first-order valence-corrected chi connectivity index (χ1v) is 9.78. The highest BCUT2D eigenvalue weighted by molar-refractivity contribution is 6.37. The SMILES string of the molecule is CC1Cc2ccc3c(cc(Cl)c4ccccc43)c2C(c2ccccc2)C1. The second kappa shape index (κ2) is 6.14. The Hall–Kier alpha value is -2.31. The quantitative estimate of drug-likeness (QED) is 0.312. The van der Waals surface area contributed by atoms with Crippen LogP contribution in [-0.4, -0.2) is 0 Å². The molecule has 2 atom stereocenters. The highest BCUT2D eigenvalue weighted by Crippen LogP contribution is 2.45. The first-order valence-electron chi connectivity index (χ1n) is 9.40. The van der Waals surface area contributed by atoms with Crippen molar-refractivity contribution in [1.29, 1.82) is 0 Å². The molecule has 0 nitrogen and oxygen atoms in total. The fraction of sp³-hybridized carbons (Fsp3) is 0.200. The summed E-state index contributed by atoms with van der Waals surface area (Å²) in [5.74, 6) is 1.14. The van der Waals surface area contributed by atoms with Crippen molar-refractivity contribution in [3.8, 4) is 0 Å². The van der Waals surface area contributed by atoms with Gasteiger partial charge in [0.05, 0.1) is 0 Å². The van der Waals surface area contributed by atoms with Crippen LogP contribution in [0.5, 0.6) is 0 Å². The van der Waals surface area contributed by atoms with Gasteiger partial charge in [-0.25, -0.2) is 0 Å². The summed E-state index contributed by atoms with van der Waals surface area (Å²) in [7, 11) is 0. The van der Waals surface area contributed by atoms with Crippen molar-refractivity contribution in [2.75, 3.05) is 0 Å². The van der Waals surface area contributed by atoms with Gasteiger partial charge in [0.15, 0.2) is 0 Å². The van der Waals surface area contributed by atoms with E-state index >= 15 is 0 Å². The van der Waals surface area contributed by atoms with E-state index in [1.54, 1.807) is 0 Å². The topological polar surface area (TPSA) is 0 Å². The summed E-state index contributed by atoms with van der Waals surface area (Å²) in [6.07, 6.45) is 2.35. The normalized spacial score (nSPS) is 19.6. The number of halogens is 1. The van der Waals surface area contributed by atoms with Gasteiger partial charge in [-0.05, 0) is 57.7 Å². The predicted octanol–water partition coefficient (Wildman–Crippen LogP) is 7.36. The van der Waals surface area contributed by atoms with E-state index in [9.17, 15) is 0 Å². The Bertz CT molecular complexity index is 1110. The van der Waals surface area contributed by atoms with Crippen LogP contribution in [0.4, 0.5) is 0 Å². The molecule has 0 radical (unpaired) electrons. The van der Waals surface area contributed by atoms with Gasteiger partial charge in [0.25, 0.3) is 0 Å². The van der Waals surface area contributed by atoms with Crippen LogP contribution in [0.1, 0.15) is 36.0 Å². The molecule has 0 saturated heterocycles. The molecule has 128 valence electrons. The molecule has 4 aromatic carbocycles. The van der Waals surface area contributed by atoms with Gasteiger partial charge in [-0.3, -0.25) is 0 Å². The summed E-state index contributed by atoms with van der Waals surface area (Å²) in [6.45, 7) is 2.37. The fourth-order valence-corrected chi connectivity index (χ4v) is 5.03. The summed E-state index contributed by atoms with van der Waals surface area (Å²) in [5.41, 5.74) is 4.38. The average Bonchev–Trinajstić information content (AvgIpc) is 2.68. The maximum atomic E-state index is 6.70. The van der Waals surface area contributed by atoms with Crippen LogP contribution in [0.25, 0.3) is 21.5 Å². The molecule has 1 aliphatic rings. The maximum absolute atomic E-state index is 6.70. The molecule has 0 heterocycles. The number of benzene rings is 4. The van der Waals surface area contributed by atoms with Crippen LogP contribution in [0.2, 0.25) is 5.02 Å². The van der Waals surface area contributed by atoms with Gasteiger partial charge >= 0.3 is 0 Å². The van der Waals surface area contributed by atoms with Gasteiger partial charge in [0, 0.05) is 16.3 Å². The van der Waals surface area contributed by atoms with Crippen molar-refractivity contribution >= 4 is 33.1 Å². The van der Waals surface area contributed by atoms with E-state index in [-0.39, 0.29) is 0 Å². The largest absolute Gasteiger partial charge is 0.0836 e. The molecule has 2 unspecified atom stereocenters. The van der Waals surface area contributed by atoms with Crippen molar-refractivity contribution in [2.24, 2.45) is 5.92 Å². The fourth-order valence-electron chi connectivity index (χ4n) is 4.76. The molecule has 1 heteroatoms. The average molecular weight is 357 g/mol. The summed E-state index contributed by atoms with van der Waals surface area (Å²) in [6, 6.07) is 26.3. The van der Waals surface area contributed by atoms with E-state index in [1.807, 2.05) is 0 Å². The Morgan fingerprint density at radius 1 is 0.769 bits per heavy atom. The van der Waals surface area contributed by atoms with Gasteiger partial charge in [-0.2, -0.15) is 0 Å². The monoisotopic (exact) mass is 356 g/mol. The van der Waals surface area contributed by atoms with Crippen LogP contribution in [0.3, 0.4) is 0 Å². The molecule has 4 aromatic rings. The molecular formula is C25H21Cl. The minimum atomic E-state index is 0.441. The maximum Gasteiger partial charge on any atom is 0.0490 e. The third-order valence-corrected chi connectivity index (χ3v) is 6.19. The molecule has 0 spiro atoms. The first kappa shape index (κ1) is 15.9. The van der Waals surface area contributed by atoms with Gasteiger partial charge in [-0.15, -0.1) is 0 Å². The van der Waals surface area contributed by atoms with E-state index < -0.39 is 0 Å². The van der Waals surface area contributed by atoms with Gasteiger partial charge in [-0.1, -0.05) is 85.3 Å². The molecule has 1 aliphatic carbocycles. The number of rotatable bonds is 1. The van der Waals surface area contributed by atoms with E-state index in [0.717, 1.165) is 16.8 Å². The Kier molecular flexibility index (Phi) is 3.76. The molecule has 0 bridgehead atoms. The first-order chi connectivity index (χ1) is 12.7. The number of fused-ring (bicyclic) bond motifs is 5. The Labute approximate surface area is 159 Å². The van der Waals surface area contributed by atoms with E-state index in [1.165, 1.54) is 39.3 Å². The third-order valence-electron chi connectivity index (χ3n) is 5.88. The third kappa shape index (κ3) is 2.44. The van der Waals surface area contributed by atoms with E-state index in [4.69, 9.17) is 11.6 Å². The molecule has 0 aromatic heterocycles. The second-order valence-corrected chi connectivity index (χ2v) is 8.05. The molecule has 5 rings (SSSR count). The van der Waals surface area contributed by atoms with Gasteiger partial charge < -0.3 is 0 Å². The Morgan fingerprint density at radius 2 is 1.46 bits per heavy atom. The number of hydrogen-bond donors (Lipinski definition) is 0. The highest BCUT2D eigenvalue weighted by atomic mass is 35.5. The Balaban J connectivity index is 1.86. The number of hydrogen-bond acceptors (Lipinski definition) is 0. The van der Waals surface area contributed by atoms with Crippen molar-refractivity contribution in [1.82, 2.24) is 0 Å². The molecule has 0 aliphatic heterocycles. The summed E-state index contributed by atoms with van der Waals surface area (Å²) in [5, 5.41) is 5.89. The van der Waals surface area contributed by atoms with E-state index in [2.05, 4.69) is 79.7 Å². The summed E-state index contributed by atoms with van der Waals surface area (Å²) < 4.78 is 0. The lowest BCUT2D eigenvalue weighted by Gasteiger charge is -2.32. The summed E-state index contributed by atoms with van der Waals surface area (Å²) in [4.78, 5) is 0. The van der Waals surface area contributed by atoms with Gasteiger partial charge in [0.2, 0.25) is 0 Å². The second-order valence-electron chi connectivity index (χ2n) is 7.65. The molecular weight excluding hydrogens is 336 g/mol. The zero-order valence-electron chi connectivity index (χ0n) is 14.9. The zero-order chi connectivity index (χ0) is 17.7. The van der Waals surface area contributed by atoms with Crippen molar-refractivity contribution in [3.63, 3.8) is 0 Å². The lowest BCUT2D eigenvalue weighted by molar-refractivity contribution is 0.467. The van der Waals surface area contributed by atoms with Crippen LogP contribution >= 0.6 is 11.6 Å². The van der Waals surface area contributed by atoms with Crippen molar-refractivity contribution in [2.45, 2.75) is 25.7 Å². The minimum Gasteiger partial charge on any atom is -0.0836 e. The van der Waals surface area contributed by atoms with Crippen LogP contribution in [0, 0.1) is 5.92 Å². The van der Waals surface area contributed by atoms with E-state index in [0.29, 0.717) is 11.8 Å². The van der Waals surface area contributed by atoms with Crippen molar-refractivity contribution in [3.05, 3.63) is 94.5 Å².